The first-order chi connectivity index (χ1) is 9.72. The van der Waals surface area contributed by atoms with Gasteiger partial charge in [0.1, 0.15) is 5.76 Å². The van der Waals surface area contributed by atoms with Gasteiger partial charge in [-0.05, 0) is 6.92 Å². The molecule has 3 rings (SSSR count). The molecule has 5 nitrogen and oxygen atoms in total. The Morgan fingerprint density at radius 3 is 2.65 bits per heavy atom. The maximum absolute atomic E-state index is 10.9. The largest absolute Gasteiger partial charge is 0.519 e. The van der Waals surface area contributed by atoms with E-state index in [4.69, 9.17) is 13.3 Å². The van der Waals surface area contributed by atoms with Crippen LogP contribution in [-0.4, -0.2) is 4.98 Å². The van der Waals surface area contributed by atoms with E-state index in [-0.39, 0.29) is 0 Å². The van der Waals surface area contributed by atoms with Gasteiger partial charge in [-0.15, -0.1) is 0 Å². The quantitative estimate of drug-likeness (QED) is 0.685. The van der Waals surface area contributed by atoms with Crippen molar-refractivity contribution in [1.29, 1.82) is 0 Å². The van der Waals surface area contributed by atoms with Crippen molar-refractivity contribution in [2.75, 3.05) is 0 Å². The van der Waals surface area contributed by atoms with Crippen molar-refractivity contribution in [3.63, 3.8) is 0 Å². The van der Waals surface area contributed by atoms with E-state index in [1.165, 1.54) is 11.8 Å². The molecule has 0 aliphatic carbocycles. The molecule has 0 unspecified atom stereocenters. The lowest BCUT2D eigenvalue weighted by atomic mass is 10.2. The van der Waals surface area contributed by atoms with Crippen LogP contribution < -0.4 is 5.82 Å². The van der Waals surface area contributed by atoms with Gasteiger partial charge in [0.2, 0.25) is 0 Å². The normalized spacial score (nSPS) is 10.8. The first-order valence-electron chi connectivity index (χ1n) is 5.96. The minimum absolute atomic E-state index is 0.437. The zero-order chi connectivity index (χ0) is 13.9. The lowest BCUT2D eigenvalue weighted by Gasteiger charge is -1.95. The molecule has 102 valence electrons. The minimum Gasteiger partial charge on any atom is -0.431 e. The summed E-state index contributed by atoms with van der Waals surface area (Å²) < 4.78 is 15.3. The molecule has 0 spiro atoms. The van der Waals surface area contributed by atoms with Gasteiger partial charge in [0, 0.05) is 5.56 Å². The molecule has 6 heteroatoms. The second-order valence-corrected chi connectivity index (χ2v) is 5.01. The summed E-state index contributed by atoms with van der Waals surface area (Å²) in [7, 11) is 0. The van der Waals surface area contributed by atoms with E-state index in [0.717, 1.165) is 5.56 Å². The van der Waals surface area contributed by atoms with Crippen molar-refractivity contribution in [1.82, 2.24) is 4.98 Å². The number of thioether (sulfide) groups is 1. The number of aromatic nitrogens is 1. The Kier molecular flexibility index (Phi) is 3.47. The second-order valence-electron chi connectivity index (χ2n) is 4.08. The first kappa shape index (κ1) is 12.8. The molecule has 0 bridgehead atoms. The summed E-state index contributed by atoms with van der Waals surface area (Å²) in [4.78, 5) is 15.1. The lowest BCUT2D eigenvalue weighted by Crippen LogP contribution is -1.86. The molecule has 3 aromatic rings. The number of nitrogens with zero attached hydrogens (tertiary/aromatic N) is 1. The molecule has 2 heterocycles. The van der Waals surface area contributed by atoms with Gasteiger partial charge in [-0.25, -0.2) is 9.78 Å². The molecule has 0 amide bonds. The van der Waals surface area contributed by atoms with E-state index >= 15 is 0 Å². The highest BCUT2D eigenvalue weighted by Gasteiger charge is 2.12. The van der Waals surface area contributed by atoms with E-state index in [2.05, 4.69) is 4.98 Å². The molecule has 0 N–H and O–H groups in total. The van der Waals surface area contributed by atoms with Crippen LogP contribution in [0.25, 0.3) is 11.3 Å². The Labute approximate surface area is 118 Å². The van der Waals surface area contributed by atoms with Gasteiger partial charge in [-0.2, -0.15) is 0 Å². The monoisotopic (exact) mass is 289 g/mol. The summed E-state index contributed by atoms with van der Waals surface area (Å²) in [6.07, 6.45) is 1.68. The molecule has 2 aromatic heterocycles. The third-order valence-corrected chi connectivity index (χ3v) is 3.55. The summed E-state index contributed by atoms with van der Waals surface area (Å²) in [6.45, 7) is 1.69. The zero-order valence-corrected chi connectivity index (χ0v) is 11.5. The maximum Gasteiger partial charge on any atom is 0.519 e. The Hall–Kier alpha value is -2.21. The lowest BCUT2D eigenvalue weighted by molar-refractivity contribution is 0.372. The van der Waals surface area contributed by atoms with Crippen molar-refractivity contribution in [3.8, 4) is 11.3 Å². The summed E-state index contributed by atoms with van der Waals surface area (Å²) in [5.41, 5.74) is 0.970. The summed E-state index contributed by atoms with van der Waals surface area (Å²) in [5, 5.41) is 0.520. The van der Waals surface area contributed by atoms with E-state index in [1.54, 1.807) is 13.1 Å². The van der Waals surface area contributed by atoms with Crippen molar-refractivity contribution >= 4 is 11.8 Å². The van der Waals surface area contributed by atoms with Crippen LogP contribution in [0.4, 0.5) is 0 Å². The maximum atomic E-state index is 10.9. The summed E-state index contributed by atoms with van der Waals surface area (Å²) >= 11 is 1.35. The fourth-order valence-corrected chi connectivity index (χ4v) is 2.49. The summed E-state index contributed by atoms with van der Waals surface area (Å²) in [5.74, 6) is 1.44. The van der Waals surface area contributed by atoms with Crippen molar-refractivity contribution in [3.05, 3.63) is 58.7 Å². The highest BCUT2D eigenvalue weighted by molar-refractivity contribution is 7.98. The Balaban J connectivity index is 1.72. The molecule has 20 heavy (non-hydrogen) atoms. The van der Waals surface area contributed by atoms with Gasteiger partial charge in [-0.3, -0.25) is 0 Å². The Bertz CT molecular complexity index is 757. The van der Waals surface area contributed by atoms with Crippen LogP contribution in [0.2, 0.25) is 0 Å². The molecule has 1 aromatic carbocycles. The van der Waals surface area contributed by atoms with Gasteiger partial charge in [-0.1, -0.05) is 42.1 Å². The van der Waals surface area contributed by atoms with Crippen LogP contribution in [0, 0.1) is 6.92 Å². The van der Waals surface area contributed by atoms with E-state index in [1.807, 2.05) is 30.3 Å². The number of oxazole rings is 1. The third kappa shape index (κ3) is 2.70. The van der Waals surface area contributed by atoms with Crippen molar-refractivity contribution in [2.45, 2.75) is 17.9 Å². The van der Waals surface area contributed by atoms with Crippen molar-refractivity contribution in [2.24, 2.45) is 0 Å². The fraction of sp³-hybridized carbons (Fsp3) is 0.143. The Morgan fingerprint density at radius 2 is 1.95 bits per heavy atom. The van der Waals surface area contributed by atoms with Crippen LogP contribution >= 0.6 is 11.8 Å². The molecule has 0 fully saturated rings. The van der Waals surface area contributed by atoms with Crippen LogP contribution in [0.5, 0.6) is 0 Å². The molecule has 0 atom stereocenters. The van der Waals surface area contributed by atoms with Gasteiger partial charge >= 0.3 is 5.82 Å². The smallest absolute Gasteiger partial charge is 0.431 e. The fourth-order valence-electron chi connectivity index (χ4n) is 1.69. The van der Waals surface area contributed by atoms with E-state index in [0.29, 0.717) is 28.3 Å². The second kappa shape index (κ2) is 5.42. The Morgan fingerprint density at radius 1 is 1.15 bits per heavy atom. The molecule has 0 radical (unpaired) electrons. The number of hydrogen-bond acceptors (Lipinski definition) is 6. The molecule has 0 saturated heterocycles. The summed E-state index contributed by atoms with van der Waals surface area (Å²) in [6, 6.07) is 9.73. The van der Waals surface area contributed by atoms with Crippen molar-refractivity contribution < 1.29 is 13.3 Å². The number of aryl methyl sites for hydroxylation is 1. The standard InChI is InChI=1S/C14H11NO4S/c1-9-12(19-14(16)17-9)8-20-13-15-7-11(18-13)10-5-3-2-4-6-10/h2-7H,8H2,1H3. The SMILES string of the molecule is Cc1oc(=O)oc1CSc1ncc(-c2ccccc2)o1. The van der Waals surface area contributed by atoms with Crippen LogP contribution in [0.1, 0.15) is 11.5 Å². The molecular formula is C14H11NO4S. The highest BCUT2D eigenvalue weighted by atomic mass is 32.2. The van der Waals surface area contributed by atoms with Gasteiger partial charge in [0.15, 0.2) is 11.5 Å². The van der Waals surface area contributed by atoms with Gasteiger partial charge in [0.05, 0.1) is 11.9 Å². The van der Waals surface area contributed by atoms with E-state index in [9.17, 15) is 4.79 Å². The van der Waals surface area contributed by atoms with E-state index < -0.39 is 5.82 Å². The molecule has 0 saturated carbocycles. The molecular weight excluding hydrogens is 278 g/mol. The van der Waals surface area contributed by atoms with Crippen LogP contribution in [0.3, 0.4) is 0 Å². The number of hydrogen-bond donors (Lipinski definition) is 0. The predicted octanol–water partition coefficient (Wildman–Crippen LogP) is 3.49. The van der Waals surface area contributed by atoms with Gasteiger partial charge < -0.3 is 13.3 Å². The molecule has 0 aliphatic rings. The minimum atomic E-state index is -0.685. The first-order valence-corrected chi connectivity index (χ1v) is 6.94. The third-order valence-electron chi connectivity index (χ3n) is 2.71. The zero-order valence-electron chi connectivity index (χ0n) is 10.7. The highest BCUT2D eigenvalue weighted by Crippen LogP contribution is 2.27. The number of benzene rings is 1. The number of rotatable bonds is 4. The molecule has 0 aliphatic heterocycles. The average molecular weight is 289 g/mol. The average Bonchev–Trinajstić information content (AvgIpc) is 3.04. The van der Waals surface area contributed by atoms with Gasteiger partial charge in [0.25, 0.3) is 5.22 Å². The predicted molar refractivity (Wildman–Crippen MR) is 73.5 cm³/mol. The van der Waals surface area contributed by atoms with Crippen LogP contribution in [0.15, 0.2) is 59.8 Å². The topological polar surface area (TPSA) is 69.4 Å². The van der Waals surface area contributed by atoms with Crippen LogP contribution in [-0.2, 0) is 5.75 Å².